The van der Waals surface area contributed by atoms with Gasteiger partial charge in [0.1, 0.15) is 5.82 Å². The molecule has 2 aromatic carbocycles. The van der Waals surface area contributed by atoms with Gasteiger partial charge in [-0.1, -0.05) is 0 Å². The fourth-order valence-electron chi connectivity index (χ4n) is 2.55. The third-order valence-electron chi connectivity index (χ3n) is 3.71. The second-order valence-electron chi connectivity index (χ2n) is 5.45. The van der Waals surface area contributed by atoms with Gasteiger partial charge in [0.2, 0.25) is 0 Å². The number of urea groups is 1. The Hall–Kier alpha value is -2.61. The molecule has 1 aliphatic rings. The van der Waals surface area contributed by atoms with E-state index in [0.29, 0.717) is 30.0 Å². The van der Waals surface area contributed by atoms with Crippen LogP contribution >= 0.6 is 0 Å². The monoisotopic (exact) mass is 349 g/mol. The number of sulfonamides is 1. The molecule has 0 atom stereocenters. The van der Waals surface area contributed by atoms with E-state index in [1.54, 1.807) is 29.2 Å². The van der Waals surface area contributed by atoms with Crippen molar-refractivity contribution < 1.29 is 17.6 Å². The molecule has 1 aliphatic heterocycles. The molecular weight excluding hydrogens is 333 g/mol. The summed E-state index contributed by atoms with van der Waals surface area (Å²) < 4.78 is 40.4. The van der Waals surface area contributed by atoms with Crippen LogP contribution in [-0.4, -0.2) is 27.5 Å². The lowest BCUT2D eigenvalue weighted by Gasteiger charge is -2.15. The molecule has 0 bridgehead atoms. The van der Waals surface area contributed by atoms with Crippen LogP contribution in [0.15, 0.2) is 47.4 Å². The van der Waals surface area contributed by atoms with Crippen LogP contribution in [0.5, 0.6) is 0 Å². The van der Waals surface area contributed by atoms with E-state index in [4.69, 9.17) is 0 Å². The molecule has 2 aromatic rings. The van der Waals surface area contributed by atoms with E-state index in [1.807, 2.05) is 0 Å². The zero-order valence-corrected chi connectivity index (χ0v) is 13.7. The van der Waals surface area contributed by atoms with Gasteiger partial charge in [-0.3, -0.25) is 9.62 Å². The van der Waals surface area contributed by atoms with Crippen molar-refractivity contribution in [2.24, 2.45) is 0 Å². The Kier molecular flexibility index (Phi) is 4.15. The maximum Gasteiger partial charge on any atom is 0.321 e. The maximum atomic E-state index is 13.1. The summed E-state index contributed by atoms with van der Waals surface area (Å²) >= 11 is 0. The van der Waals surface area contributed by atoms with Crippen molar-refractivity contribution in [2.45, 2.75) is 11.8 Å². The molecule has 0 aliphatic carbocycles. The van der Waals surface area contributed by atoms with Crippen LogP contribution < -0.4 is 14.9 Å². The van der Waals surface area contributed by atoms with E-state index in [0.717, 1.165) is 6.07 Å². The first-order valence-electron chi connectivity index (χ1n) is 7.31. The van der Waals surface area contributed by atoms with E-state index < -0.39 is 15.8 Å². The van der Waals surface area contributed by atoms with Crippen molar-refractivity contribution in [3.05, 3.63) is 53.8 Å². The fourth-order valence-corrected chi connectivity index (χ4v) is 3.84. The number of halogens is 1. The fraction of sp³-hybridized carbons (Fsp3) is 0.188. The molecule has 8 heteroatoms. The zero-order chi connectivity index (χ0) is 17.3. The lowest BCUT2D eigenvalue weighted by Crippen LogP contribution is -2.27. The Morgan fingerprint density at radius 3 is 2.46 bits per heavy atom. The zero-order valence-electron chi connectivity index (χ0n) is 12.9. The minimum atomic E-state index is -3.81. The van der Waals surface area contributed by atoms with Crippen LogP contribution in [0.2, 0.25) is 0 Å². The molecule has 1 heterocycles. The summed E-state index contributed by atoms with van der Waals surface area (Å²) in [6, 6.07) is 9.83. The molecule has 0 saturated carbocycles. The largest absolute Gasteiger partial charge is 0.336 e. The number of carbonyl (C=O) groups excluding carboxylic acids is 1. The Balaban J connectivity index is 1.81. The van der Waals surface area contributed by atoms with Crippen LogP contribution in [0.3, 0.4) is 0 Å². The number of anilines is 2. The highest BCUT2D eigenvalue weighted by atomic mass is 32.2. The maximum absolute atomic E-state index is 13.1. The van der Waals surface area contributed by atoms with Crippen molar-refractivity contribution >= 4 is 27.4 Å². The van der Waals surface area contributed by atoms with E-state index in [1.165, 1.54) is 19.1 Å². The predicted octanol–water partition coefficient (Wildman–Crippen LogP) is 2.46. The lowest BCUT2D eigenvalue weighted by molar-refractivity contribution is 0.252. The molecule has 1 saturated heterocycles. The van der Waals surface area contributed by atoms with Crippen LogP contribution in [-0.2, 0) is 10.0 Å². The molecule has 3 rings (SSSR count). The Bertz CT molecular complexity index is 882. The molecular formula is C16H16FN3O3S. The molecule has 1 fully saturated rings. The Morgan fingerprint density at radius 2 is 1.88 bits per heavy atom. The van der Waals surface area contributed by atoms with Gasteiger partial charge in [-0.15, -0.1) is 0 Å². The smallest absolute Gasteiger partial charge is 0.321 e. The summed E-state index contributed by atoms with van der Waals surface area (Å²) in [5, 5.41) is 2.70. The van der Waals surface area contributed by atoms with Gasteiger partial charge in [0.05, 0.1) is 4.90 Å². The first-order valence-corrected chi connectivity index (χ1v) is 8.79. The number of nitrogens with zero attached hydrogens (tertiary/aromatic N) is 1. The number of hydrogen-bond donors (Lipinski definition) is 2. The normalized spacial score (nSPS) is 14.6. The summed E-state index contributed by atoms with van der Waals surface area (Å²) in [7, 11) is -3.81. The van der Waals surface area contributed by atoms with E-state index in [9.17, 15) is 17.6 Å². The second-order valence-corrected chi connectivity index (χ2v) is 7.10. The number of benzene rings is 2. The van der Waals surface area contributed by atoms with Gasteiger partial charge in [0.25, 0.3) is 10.0 Å². The number of amides is 2. The number of rotatable bonds is 4. The predicted molar refractivity (Wildman–Crippen MR) is 89.1 cm³/mol. The molecule has 0 spiro atoms. The third kappa shape index (κ3) is 3.18. The molecule has 0 radical (unpaired) electrons. The van der Waals surface area contributed by atoms with Gasteiger partial charge >= 0.3 is 6.03 Å². The third-order valence-corrected chi connectivity index (χ3v) is 5.26. The quantitative estimate of drug-likeness (QED) is 0.890. The van der Waals surface area contributed by atoms with E-state index in [2.05, 4.69) is 10.0 Å². The molecule has 24 heavy (non-hydrogen) atoms. The number of aryl methyl sites for hydroxylation is 1. The molecule has 0 unspecified atom stereocenters. The van der Waals surface area contributed by atoms with Gasteiger partial charge in [0, 0.05) is 24.5 Å². The van der Waals surface area contributed by atoms with Gasteiger partial charge in [-0.05, 0) is 55.0 Å². The SMILES string of the molecule is Cc1cc(F)ccc1S(=O)(=O)Nc1ccc(N2CCNC2=O)cc1. The van der Waals surface area contributed by atoms with Gasteiger partial charge in [-0.2, -0.15) is 0 Å². The molecule has 6 nitrogen and oxygen atoms in total. The highest BCUT2D eigenvalue weighted by Gasteiger charge is 2.21. The number of hydrogen-bond acceptors (Lipinski definition) is 3. The van der Waals surface area contributed by atoms with Crippen LogP contribution in [0, 0.1) is 12.7 Å². The van der Waals surface area contributed by atoms with Crippen LogP contribution in [0.1, 0.15) is 5.56 Å². The summed E-state index contributed by atoms with van der Waals surface area (Å²) in [4.78, 5) is 13.2. The summed E-state index contributed by atoms with van der Waals surface area (Å²) in [6.07, 6.45) is 0. The minimum absolute atomic E-state index is 0.0203. The van der Waals surface area contributed by atoms with E-state index in [-0.39, 0.29) is 10.9 Å². The van der Waals surface area contributed by atoms with Crippen molar-refractivity contribution in [3.63, 3.8) is 0 Å². The van der Waals surface area contributed by atoms with Crippen LogP contribution in [0.4, 0.5) is 20.6 Å². The number of carbonyl (C=O) groups is 1. The minimum Gasteiger partial charge on any atom is -0.336 e. The van der Waals surface area contributed by atoms with Gasteiger partial charge < -0.3 is 5.32 Å². The molecule has 2 amide bonds. The summed E-state index contributed by atoms with van der Waals surface area (Å²) in [5.74, 6) is -0.486. The summed E-state index contributed by atoms with van der Waals surface area (Å²) in [5.41, 5.74) is 1.38. The lowest BCUT2D eigenvalue weighted by atomic mass is 10.2. The highest BCUT2D eigenvalue weighted by molar-refractivity contribution is 7.92. The second kappa shape index (κ2) is 6.12. The first kappa shape index (κ1) is 16.3. The van der Waals surface area contributed by atoms with Crippen molar-refractivity contribution in [3.8, 4) is 0 Å². The van der Waals surface area contributed by atoms with Crippen molar-refractivity contribution in [1.82, 2.24) is 5.32 Å². The number of nitrogens with one attached hydrogen (secondary N) is 2. The standard InChI is InChI=1S/C16H16FN3O3S/c1-11-10-12(17)2-7-15(11)24(22,23)19-13-3-5-14(6-4-13)20-9-8-18-16(20)21/h2-7,10,19H,8-9H2,1H3,(H,18,21). The van der Waals surface area contributed by atoms with Crippen LogP contribution in [0.25, 0.3) is 0 Å². The van der Waals surface area contributed by atoms with Gasteiger partial charge in [-0.25, -0.2) is 17.6 Å². The molecule has 2 N–H and O–H groups in total. The molecule has 0 aromatic heterocycles. The first-order chi connectivity index (χ1) is 11.4. The topological polar surface area (TPSA) is 78.5 Å². The van der Waals surface area contributed by atoms with Gasteiger partial charge in [0.15, 0.2) is 0 Å². The van der Waals surface area contributed by atoms with Crippen molar-refractivity contribution in [2.75, 3.05) is 22.7 Å². The average Bonchev–Trinajstić information content (AvgIpc) is 2.93. The molecule has 126 valence electrons. The summed E-state index contributed by atoms with van der Waals surface area (Å²) in [6.45, 7) is 2.68. The van der Waals surface area contributed by atoms with Crippen molar-refractivity contribution in [1.29, 1.82) is 0 Å². The van der Waals surface area contributed by atoms with E-state index >= 15 is 0 Å². The highest BCUT2D eigenvalue weighted by Crippen LogP contribution is 2.23. The Labute approximate surface area is 139 Å². The Morgan fingerprint density at radius 1 is 1.17 bits per heavy atom. The average molecular weight is 349 g/mol.